The molecule has 2 N–H and O–H groups in total. The number of carbonyl (C=O) groups is 1. The van der Waals surface area contributed by atoms with Gasteiger partial charge in [0.25, 0.3) is 5.91 Å². The quantitative estimate of drug-likeness (QED) is 0.824. The summed E-state index contributed by atoms with van der Waals surface area (Å²) in [6.45, 7) is 3.01. The molecule has 1 heterocycles. The van der Waals surface area contributed by atoms with E-state index in [1.54, 1.807) is 0 Å². The first-order valence-electron chi connectivity index (χ1n) is 5.19. The van der Waals surface area contributed by atoms with Crippen LogP contribution in [0.4, 0.5) is 5.00 Å². The number of rotatable bonds is 4. The molecule has 4 heteroatoms. The maximum atomic E-state index is 11.7. The average Bonchev–Trinajstić information content (AvgIpc) is 2.81. The van der Waals surface area contributed by atoms with Crippen molar-refractivity contribution in [2.24, 2.45) is 5.41 Å². The molecule has 0 bridgehead atoms. The Labute approximate surface area is 93.9 Å². The van der Waals surface area contributed by atoms with Crippen LogP contribution in [0.25, 0.3) is 0 Å². The molecule has 0 aliphatic heterocycles. The summed E-state index contributed by atoms with van der Waals surface area (Å²) in [5.74, 6) is 0.0506. The first-order valence-corrected chi connectivity index (χ1v) is 6.00. The Bertz CT molecular complexity index is 368. The first-order chi connectivity index (χ1) is 7.13. The number of anilines is 1. The van der Waals surface area contributed by atoms with Gasteiger partial charge in [0.05, 0.1) is 9.88 Å². The fourth-order valence-corrected chi connectivity index (χ4v) is 2.14. The van der Waals surface area contributed by atoms with Gasteiger partial charge < -0.3 is 10.6 Å². The lowest BCUT2D eigenvalue weighted by molar-refractivity contribution is 0.0950. The zero-order valence-corrected chi connectivity index (χ0v) is 9.91. The van der Waals surface area contributed by atoms with Gasteiger partial charge in [-0.2, -0.15) is 0 Å². The molecule has 15 heavy (non-hydrogen) atoms. The van der Waals surface area contributed by atoms with Crippen molar-refractivity contribution in [2.45, 2.75) is 19.8 Å². The molecule has 1 aromatic heterocycles. The van der Waals surface area contributed by atoms with Crippen LogP contribution < -0.4 is 10.6 Å². The van der Waals surface area contributed by atoms with Gasteiger partial charge in [0.15, 0.2) is 0 Å². The fraction of sp³-hybridized carbons (Fsp3) is 0.545. The molecule has 1 amide bonds. The maximum absolute atomic E-state index is 11.7. The van der Waals surface area contributed by atoms with Crippen molar-refractivity contribution in [1.29, 1.82) is 0 Å². The largest absolute Gasteiger partial charge is 0.380 e. The van der Waals surface area contributed by atoms with Gasteiger partial charge in [0.2, 0.25) is 0 Å². The van der Waals surface area contributed by atoms with Crippen LogP contribution in [0, 0.1) is 5.41 Å². The van der Waals surface area contributed by atoms with Gasteiger partial charge in [-0.3, -0.25) is 4.79 Å². The Morgan fingerprint density at radius 1 is 1.53 bits per heavy atom. The van der Waals surface area contributed by atoms with Gasteiger partial charge in [-0.15, -0.1) is 11.3 Å². The summed E-state index contributed by atoms with van der Waals surface area (Å²) in [6.07, 6.45) is 2.47. The molecule has 1 aliphatic rings. The third-order valence-corrected chi connectivity index (χ3v) is 3.96. The summed E-state index contributed by atoms with van der Waals surface area (Å²) in [4.78, 5) is 12.5. The lowest BCUT2D eigenvalue weighted by Crippen LogP contribution is -2.28. The number of thiophene rings is 1. The molecule has 1 fully saturated rings. The molecule has 0 radical (unpaired) electrons. The Morgan fingerprint density at radius 3 is 2.80 bits per heavy atom. The highest BCUT2D eigenvalue weighted by molar-refractivity contribution is 7.17. The molecule has 0 spiro atoms. The first kappa shape index (κ1) is 10.5. The van der Waals surface area contributed by atoms with E-state index in [0.717, 1.165) is 16.4 Å². The molecule has 0 aromatic carbocycles. The lowest BCUT2D eigenvalue weighted by Gasteiger charge is -2.08. The predicted octanol–water partition coefficient (Wildman–Crippen LogP) is 2.32. The molecule has 1 aromatic rings. The highest BCUT2D eigenvalue weighted by atomic mass is 32.1. The maximum Gasteiger partial charge on any atom is 0.261 e. The monoisotopic (exact) mass is 224 g/mol. The van der Waals surface area contributed by atoms with Gasteiger partial charge in [-0.25, -0.2) is 0 Å². The zero-order chi connectivity index (χ0) is 10.9. The molecule has 2 rings (SSSR count). The standard InChI is InChI=1S/C11H16N2OS/c1-11(5-6-11)7-13-10(14)8-3-4-9(12-2)15-8/h3-4,12H,5-7H2,1-2H3,(H,13,14). The van der Waals surface area contributed by atoms with Crippen molar-refractivity contribution in [3.63, 3.8) is 0 Å². The van der Waals surface area contributed by atoms with Crippen LogP contribution in [-0.4, -0.2) is 19.5 Å². The number of hydrogen-bond donors (Lipinski definition) is 2. The lowest BCUT2D eigenvalue weighted by atomic mass is 10.1. The van der Waals surface area contributed by atoms with Crippen molar-refractivity contribution in [3.8, 4) is 0 Å². The summed E-state index contributed by atoms with van der Waals surface area (Å²) < 4.78 is 0. The second-order valence-corrected chi connectivity index (χ2v) is 5.49. The molecule has 1 saturated carbocycles. The second-order valence-electron chi connectivity index (χ2n) is 4.41. The van der Waals surface area contributed by atoms with Crippen LogP contribution in [0.5, 0.6) is 0 Å². The van der Waals surface area contributed by atoms with E-state index in [1.165, 1.54) is 24.2 Å². The van der Waals surface area contributed by atoms with Crippen LogP contribution in [-0.2, 0) is 0 Å². The molecule has 3 nitrogen and oxygen atoms in total. The van der Waals surface area contributed by atoms with E-state index in [2.05, 4.69) is 17.6 Å². The Balaban J connectivity index is 1.89. The van der Waals surface area contributed by atoms with Crippen molar-refractivity contribution < 1.29 is 4.79 Å². The summed E-state index contributed by atoms with van der Waals surface area (Å²) in [6, 6.07) is 3.79. The van der Waals surface area contributed by atoms with Crippen LogP contribution in [0.2, 0.25) is 0 Å². The number of amides is 1. The minimum Gasteiger partial charge on any atom is -0.380 e. The smallest absolute Gasteiger partial charge is 0.261 e. The summed E-state index contributed by atoms with van der Waals surface area (Å²) in [5.41, 5.74) is 0.374. The Hall–Kier alpha value is -1.03. The van der Waals surface area contributed by atoms with E-state index >= 15 is 0 Å². The number of carbonyl (C=O) groups excluding carboxylic acids is 1. The van der Waals surface area contributed by atoms with E-state index in [1.807, 2.05) is 19.2 Å². The molecular weight excluding hydrogens is 208 g/mol. The second kappa shape index (κ2) is 3.85. The fourth-order valence-electron chi connectivity index (χ4n) is 1.37. The van der Waals surface area contributed by atoms with Gasteiger partial charge in [-0.05, 0) is 30.4 Å². The summed E-state index contributed by atoms with van der Waals surface area (Å²) in [7, 11) is 1.86. The Kier molecular flexibility index (Phi) is 2.69. The van der Waals surface area contributed by atoms with E-state index in [0.29, 0.717) is 5.41 Å². The summed E-state index contributed by atoms with van der Waals surface area (Å²) in [5, 5.41) is 7.03. The number of hydrogen-bond acceptors (Lipinski definition) is 3. The zero-order valence-electron chi connectivity index (χ0n) is 9.09. The van der Waals surface area contributed by atoms with E-state index in [-0.39, 0.29) is 5.91 Å². The minimum atomic E-state index is 0.0506. The normalized spacial score (nSPS) is 17.2. The van der Waals surface area contributed by atoms with Crippen LogP contribution in [0.3, 0.4) is 0 Å². The van der Waals surface area contributed by atoms with E-state index < -0.39 is 0 Å². The van der Waals surface area contributed by atoms with Crippen molar-refractivity contribution in [1.82, 2.24) is 5.32 Å². The van der Waals surface area contributed by atoms with Crippen molar-refractivity contribution in [3.05, 3.63) is 17.0 Å². The average molecular weight is 224 g/mol. The molecule has 82 valence electrons. The molecule has 0 saturated heterocycles. The highest BCUT2D eigenvalue weighted by Gasteiger charge is 2.37. The van der Waals surface area contributed by atoms with Crippen molar-refractivity contribution >= 4 is 22.2 Å². The molecule has 1 aliphatic carbocycles. The Morgan fingerprint density at radius 2 is 2.27 bits per heavy atom. The SMILES string of the molecule is CNc1ccc(C(=O)NCC2(C)CC2)s1. The van der Waals surface area contributed by atoms with Crippen LogP contribution >= 0.6 is 11.3 Å². The van der Waals surface area contributed by atoms with Gasteiger partial charge in [-0.1, -0.05) is 6.92 Å². The molecular formula is C11H16N2OS. The highest BCUT2D eigenvalue weighted by Crippen LogP contribution is 2.44. The van der Waals surface area contributed by atoms with E-state index in [9.17, 15) is 4.79 Å². The third-order valence-electron chi connectivity index (χ3n) is 2.86. The van der Waals surface area contributed by atoms with Crippen LogP contribution in [0.1, 0.15) is 29.4 Å². The number of nitrogens with one attached hydrogen (secondary N) is 2. The van der Waals surface area contributed by atoms with Gasteiger partial charge in [0.1, 0.15) is 0 Å². The topological polar surface area (TPSA) is 41.1 Å². The van der Waals surface area contributed by atoms with Gasteiger partial charge in [0, 0.05) is 13.6 Å². The molecule has 0 atom stereocenters. The minimum absolute atomic E-state index is 0.0506. The third kappa shape index (κ3) is 2.50. The summed E-state index contributed by atoms with van der Waals surface area (Å²) >= 11 is 1.49. The van der Waals surface area contributed by atoms with Crippen molar-refractivity contribution in [2.75, 3.05) is 18.9 Å². The molecule has 0 unspecified atom stereocenters. The van der Waals surface area contributed by atoms with Gasteiger partial charge >= 0.3 is 0 Å². The van der Waals surface area contributed by atoms with E-state index in [4.69, 9.17) is 0 Å². The predicted molar refractivity (Wildman–Crippen MR) is 63.5 cm³/mol. The van der Waals surface area contributed by atoms with Crippen LogP contribution in [0.15, 0.2) is 12.1 Å².